The molecule has 1 aliphatic carbocycles. The molecule has 14 heteroatoms. The average Bonchev–Trinajstić information content (AvgIpc) is 3.72. The summed E-state index contributed by atoms with van der Waals surface area (Å²) in [5, 5.41) is 22.1. The third kappa shape index (κ3) is 8.62. The first-order valence-corrected chi connectivity index (χ1v) is 15.0. The number of benzene rings is 2. The maximum Gasteiger partial charge on any atom is 0.344 e. The average molecular weight is 625 g/mol. The lowest BCUT2D eigenvalue weighted by Gasteiger charge is -2.21. The normalized spacial score (nSPS) is 13.7. The van der Waals surface area contributed by atoms with Crippen LogP contribution < -0.4 is 14.2 Å². The van der Waals surface area contributed by atoms with Crippen molar-refractivity contribution >= 4 is 50.9 Å². The van der Waals surface area contributed by atoms with E-state index in [4.69, 9.17) is 37.4 Å². The molecule has 0 radical (unpaired) electrons. The Balaban J connectivity index is 1.53. The highest BCUT2D eigenvalue weighted by atomic mass is 35.5. The van der Waals surface area contributed by atoms with E-state index in [1.165, 1.54) is 42.5 Å². The number of halogens is 2. The number of esters is 2. The maximum atomic E-state index is 12.9. The fraction of sp³-hybridized carbons (Fsp3) is 0.296. The number of rotatable bonds is 12. The molecule has 11 nitrogen and oxygen atoms in total. The molecule has 2 N–H and O–H groups in total. The zero-order valence-electron chi connectivity index (χ0n) is 21.7. The molecule has 0 unspecified atom stereocenters. The quantitative estimate of drug-likeness (QED) is 0.171. The minimum absolute atomic E-state index is 0.0157. The molecule has 1 aliphatic rings. The van der Waals surface area contributed by atoms with Crippen molar-refractivity contribution in [2.45, 2.75) is 25.4 Å². The molecule has 3 aromatic rings. The second kappa shape index (κ2) is 12.8. The molecule has 0 aliphatic heterocycles. The van der Waals surface area contributed by atoms with E-state index in [9.17, 15) is 28.3 Å². The number of phenols is 1. The van der Waals surface area contributed by atoms with Gasteiger partial charge in [0, 0.05) is 12.0 Å². The van der Waals surface area contributed by atoms with Gasteiger partial charge < -0.3 is 24.5 Å². The summed E-state index contributed by atoms with van der Waals surface area (Å²) >= 11 is 12.5. The Morgan fingerprint density at radius 1 is 1.15 bits per heavy atom. The van der Waals surface area contributed by atoms with Crippen molar-refractivity contribution < 1.29 is 42.1 Å². The Kier molecular flexibility index (Phi) is 9.46. The van der Waals surface area contributed by atoms with Gasteiger partial charge in [-0.05, 0) is 48.6 Å². The van der Waals surface area contributed by atoms with E-state index in [0.29, 0.717) is 28.4 Å². The van der Waals surface area contributed by atoms with Gasteiger partial charge in [0.2, 0.25) is 10.0 Å². The lowest BCUT2D eigenvalue weighted by molar-refractivity contribution is -0.605. The number of pyridine rings is 1. The second-order valence-electron chi connectivity index (χ2n) is 9.45. The number of hydrogen-bond donors (Lipinski definition) is 2. The summed E-state index contributed by atoms with van der Waals surface area (Å²) in [5.41, 5.74) is 0.622. The van der Waals surface area contributed by atoms with Gasteiger partial charge in [0.1, 0.15) is 16.1 Å². The molecule has 1 aromatic heterocycles. The van der Waals surface area contributed by atoms with Crippen molar-refractivity contribution in [3.8, 4) is 11.5 Å². The smallest absolute Gasteiger partial charge is 0.344 e. The Labute approximate surface area is 246 Å². The van der Waals surface area contributed by atoms with Crippen LogP contribution in [-0.2, 0) is 30.7 Å². The van der Waals surface area contributed by atoms with Crippen LogP contribution in [0.5, 0.6) is 11.5 Å². The number of ether oxygens (including phenoxy) is 3. The summed E-state index contributed by atoms with van der Waals surface area (Å²) in [6.45, 7) is -0.380. The molecule has 218 valence electrons. The van der Waals surface area contributed by atoms with Gasteiger partial charge in [-0.1, -0.05) is 41.4 Å². The SMILES string of the molecule is CS(=O)(=O)Nc1ccccc1C(=O)OCC(=O)O[C@@H](Cc1c(Cl)c[n+]([O-])cc1Cl)c1ccc(O)c(OCC2CC2)c1. The van der Waals surface area contributed by atoms with E-state index in [-0.39, 0.29) is 39.2 Å². The Hall–Kier alpha value is -3.74. The molecule has 0 spiro atoms. The summed E-state index contributed by atoms with van der Waals surface area (Å²) in [4.78, 5) is 25.5. The molecule has 4 rings (SSSR count). The molecular weight excluding hydrogens is 599 g/mol. The van der Waals surface area contributed by atoms with Gasteiger partial charge in [-0.25, -0.2) is 18.0 Å². The number of hydrogen-bond acceptors (Lipinski definition) is 9. The fourth-order valence-corrected chi connectivity index (χ4v) is 5.00. The predicted octanol–water partition coefficient (Wildman–Crippen LogP) is 4.18. The van der Waals surface area contributed by atoms with Gasteiger partial charge in [0.25, 0.3) is 0 Å². The van der Waals surface area contributed by atoms with Crippen LogP contribution in [0.2, 0.25) is 10.0 Å². The Morgan fingerprint density at radius 3 is 2.49 bits per heavy atom. The number of sulfonamides is 1. The van der Waals surface area contributed by atoms with Crippen LogP contribution in [0.15, 0.2) is 54.9 Å². The highest BCUT2D eigenvalue weighted by Gasteiger charge is 2.26. The fourth-order valence-electron chi connectivity index (χ4n) is 3.82. The summed E-state index contributed by atoms with van der Waals surface area (Å²) in [5.74, 6) is -1.38. The topological polar surface area (TPSA) is 155 Å². The Morgan fingerprint density at radius 2 is 1.83 bits per heavy atom. The highest BCUT2D eigenvalue weighted by Crippen LogP contribution is 2.36. The first kappa shape index (κ1) is 30.2. The van der Waals surface area contributed by atoms with Crippen molar-refractivity contribution in [3.63, 3.8) is 0 Å². The lowest BCUT2D eigenvalue weighted by atomic mass is 10.0. The zero-order chi connectivity index (χ0) is 29.7. The van der Waals surface area contributed by atoms with Crippen LogP contribution in [0.4, 0.5) is 5.69 Å². The van der Waals surface area contributed by atoms with Crippen molar-refractivity contribution in [2.75, 3.05) is 24.2 Å². The number of carbonyl (C=O) groups is 2. The first-order chi connectivity index (χ1) is 19.4. The lowest BCUT2D eigenvalue weighted by Crippen LogP contribution is -2.26. The first-order valence-electron chi connectivity index (χ1n) is 12.4. The molecule has 0 amide bonds. The summed E-state index contributed by atoms with van der Waals surface area (Å²) in [6, 6.07) is 10.2. The van der Waals surface area contributed by atoms with Gasteiger partial charge >= 0.3 is 11.9 Å². The standard InChI is InChI=1S/C27H26Cl2N2O9S/c1-41(36,37)30-22-5-3-2-4-18(22)27(34)39-15-26(33)40-24(11-19-20(28)12-31(35)13-21(19)29)17-8-9-23(32)25(10-17)38-14-16-6-7-16/h2-5,8-10,12-13,16,24,30,32H,6-7,11,14-15H2,1H3/t24-/m0/s1. The molecule has 1 saturated carbocycles. The molecule has 1 fully saturated rings. The second-order valence-corrected chi connectivity index (χ2v) is 12.0. The van der Waals surface area contributed by atoms with Crippen molar-refractivity contribution in [1.82, 2.24) is 0 Å². The molecule has 2 aromatic carbocycles. The van der Waals surface area contributed by atoms with Crippen LogP contribution in [0.25, 0.3) is 0 Å². The summed E-state index contributed by atoms with van der Waals surface area (Å²) in [6.07, 6.45) is 4.12. The number of aromatic nitrogens is 1. The van der Waals surface area contributed by atoms with E-state index >= 15 is 0 Å². The van der Waals surface area contributed by atoms with Crippen LogP contribution in [0.1, 0.15) is 40.4 Å². The third-order valence-corrected chi connectivity index (χ3v) is 7.25. The maximum absolute atomic E-state index is 12.9. The van der Waals surface area contributed by atoms with E-state index in [0.717, 1.165) is 31.5 Å². The van der Waals surface area contributed by atoms with Crippen molar-refractivity contribution in [3.05, 3.63) is 86.8 Å². The number of para-hydroxylation sites is 1. The van der Waals surface area contributed by atoms with Crippen LogP contribution in [-0.4, -0.2) is 44.9 Å². The molecule has 0 bridgehead atoms. The number of nitrogens with one attached hydrogen (secondary N) is 1. The van der Waals surface area contributed by atoms with E-state index in [2.05, 4.69) is 4.72 Å². The number of carbonyl (C=O) groups excluding carboxylic acids is 2. The van der Waals surface area contributed by atoms with Crippen LogP contribution in [0.3, 0.4) is 0 Å². The molecule has 41 heavy (non-hydrogen) atoms. The van der Waals surface area contributed by atoms with Gasteiger partial charge in [0.05, 0.1) is 24.1 Å². The number of nitrogens with zero attached hydrogens (tertiary/aromatic N) is 1. The largest absolute Gasteiger partial charge is 0.619 e. The van der Waals surface area contributed by atoms with Crippen LogP contribution in [0, 0.1) is 11.1 Å². The van der Waals surface area contributed by atoms with Gasteiger partial charge in [0.15, 0.2) is 30.5 Å². The zero-order valence-corrected chi connectivity index (χ0v) is 24.0. The summed E-state index contributed by atoms with van der Waals surface area (Å²) in [7, 11) is -3.68. The van der Waals surface area contributed by atoms with Crippen molar-refractivity contribution in [1.29, 1.82) is 0 Å². The van der Waals surface area contributed by atoms with E-state index < -0.39 is 34.7 Å². The molecule has 1 atom stereocenters. The summed E-state index contributed by atoms with van der Waals surface area (Å²) < 4.78 is 42.4. The van der Waals surface area contributed by atoms with Gasteiger partial charge in [-0.15, -0.1) is 0 Å². The molecule has 0 saturated heterocycles. The monoisotopic (exact) mass is 624 g/mol. The van der Waals surface area contributed by atoms with Gasteiger partial charge in [-0.3, -0.25) is 4.72 Å². The minimum Gasteiger partial charge on any atom is -0.619 e. The number of anilines is 1. The predicted molar refractivity (Wildman–Crippen MR) is 149 cm³/mol. The molecular formula is C27H26Cl2N2O9S. The number of phenolic OH excluding ortho intramolecular Hbond substituents is 1. The van der Waals surface area contributed by atoms with Crippen LogP contribution >= 0.6 is 23.2 Å². The van der Waals surface area contributed by atoms with Crippen molar-refractivity contribution in [2.24, 2.45) is 5.92 Å². The Bertz CT molecular complexity index is 1540. The van der Waals surface area contributed by atoms with E-state index in [1.54, 1.807) is 0 Å². The minimum atomic E-state index is -3.68. The molecule has 1 heterocycles. The van der Waals surface area contributed by atoms with E-state index in [1.807, 2.05) is 0 Å². The van der Waals surface area contributed by atoms with Gasteiger partial charge in [-0.2, -0.15) is 4.73 Å². The third-order valence-electron chi connectivity index (χ3n) is 6.01. The highest BCUT2D eigenvalue weighted by molar-refractivity contribution is 7.92. The number of aromatic hydroxyl groups is 1.